The van der Waals surface area contributed by atoms with E-state index in [4.69, 9.17) is 0 Å². The van der Waals surface area contributed by atoms with Crippen molar-refractivity contribution >= 4 is 20.0 Å². The lowest BCUT2D eigenvalue weighted by molar-refractivity contribution is -0.240. The maximum atomic E-state index is 12.2. The lowest BCUT2D eigenvalue weighted by Crippen LogP contribution is -2.43. The summed E-state index contributed by atoms with van der Waals surface area (Å²) in [7, 11) is -12.3. The lowest BCUT2D eigenvalue weighted by atomic mass is 10.7. The van der Waals surface area contributed by atoms with E-state index >= 15 is 0 Å². The molecule has 98 valence electrons. The Balaban J connectivity index is 5.42. The van der Waals surface area contributed by atoms with Crippen LogP contribution in [0.15, 0.2) is 0 Å². The number of hydrogen-bond acceptors (Lipinski definition) is 4. The molecule has 0 N–H and O–H groups in total. The van der Waals surface area contributed by atoms with Gasteiger partial charge in [0.25, 0.3) is 0 Å². The molecule has 0 heterocycles. The highest BCUT2D eigenvalue weighted by molar-refractivity contribution is 8.12. The molecular weight excluding hydrogens is 292 g/mol. The summed E-state index contributed by atoms with van der Waals surface area (Å²) in [6, 6.07) is -2.51. The first-order valence-corrected chi connectivity index (χ1v) is 6.04. The molecule has 13 heteroatoms. The predicted molar refractivity (Wildman–Crippen MR) is 38.2 cm³/mol. The summed E-state index contributed by atoms with van der Waals surface area (Å²) in [5.41, 5.74) is 0. The molecule has 0 saturated carbocycles. The Kier molecular flexibility index (Phi) is 3.89. The molecule has 0 saturated heterocycles. The summed E-state index contributed by atoms with van der Waals surface area (Å²) in [5.74, 6) is 0. The van der Waals surface area contributed by atoms with Crippen molar-refractivity contribution in [2.45, 2.75) is 11.4 Å². The van der Waals surface area contributed by atoms with Crippen LogP contribution in [0.2, 0.25) is 0 Å². The molecular formula is C3H2F6NO4S2-. The molecule has 0 aliphatic heterocycles. The van der Waals surface area contributed by atoms with Crippen molar-refractivity contribution in [3.8, 4) is 0 Å². The molecule has 0 radical (unpaired) electrons. The zero-order chi connectivity index (χ0) is 13.4. The van der Waals surface area contributed by atoms with Gasteiger partial charge < -0.3 is 4.13 Å². The van der Waals surface area contributed by atoms with E-state index < -0.39 is 37.5 Å². The second kappa shape index (κ2) is 4.03. The van der Waals surface area contributed by atoms with Crippen molar-refractivity contribution in [3.63, 3.8) is 0 Å². The summed E-state index contributed by atoms with van der Waals surface area (Å²) in [5, 5.41) is -6.40. The highest BCUT2D eigenvalue weighted by Gasteiger charge is 2.64. The maximum Gasteiger partial charge on any atom is 0.467 e. The largest absolute Gasteiger partial charge is 0.467 e. The second-order valence-corrected chi connectivity index (χ2v) is 5.70. The third kappa shape index (κ3) is 2.98. The second-order valence-electron chi connectivity index (χ2n) is 2.26. The van der Waals surface area contributed by atoms with E-state index in [9.17, 15) is 43.2 Å². The molecule has 0 unspecified atom stereocenters. The van der Waals surface area contributed by atoms with E-state index in [-0.39, 0.29) is 0 Å². The van der Waals surface area contributed by atoms with E-state index in [0.717, 1.165) is 0 Å². The molecule has 0 bridgehead atoms. The Morgan fingerprint density at radius 3 is 1.56 bits per heavy atom. The van der Waals surface area contributed by atoms with E-state index in [0.29, 0.717) is 0 Å². The van der Waals surface area contributed by atoms with Crippen molar-refractivity contribution in [1.82, 2.24) is 0 Å². The van der Waals surface area contributed by atoms with Gasteiger partial charge in [0.2, 0.25) is 0 Å². The highest BCUT2D eigenvalue weighted by atomic mass is 32.3. The number of sulfonamides is 2. The normalized spacial score (nSPS) is 15.1. The van der Waals surface area contributed by atoms with Crippen LogP contribution in [0.1, 0.15) is 0 Å². The first-order valence-electron chi connectivity index (χ1n) is 2.99. The number of alkyl halides is 6. The van der Waals surface area contributed by atoms with E-state index in [2.05, 4.69) is 0 Å². The van der Waals surface area contributed by atoms with E-state index in [1.54, 1.807) is 0 Å². The average molecular weight is 294 g/mol. The van der Waals surface area contributed by atoms with Gasteiger partial charge in [-0.3, -0.25) is 0 Å². The number of nitrogens with zero attached hydrogens (tertiary/aromatic N) is 1. The monoisotopic (exact) mass is 294 g/mol. The number of rotatable bonds is 4. The van der Waals surface area contributed by atoms with Gasteiger partial charge in [0.05, 0.1) is 0 Å². The standard InChI is InChI=1S/C3H2F6NO4S2/c4-1-15(11,12)10-16(13,14)3(8,9)2(5,6)7/h1H2/q-1. The molecule has 0 aliphatic rings. The molecule has 16 heavy (non-hydrogen) atoms. The summed E-state index contributed by atoms with van der Waals surface area (Å²) >= 11 is 0. The first-order chi connectivity index (χ1) is 6.77. The van der Waals surface area contributed by atoms with Crippen molar-refractivity contribution in [1.29, 1.82) is 0 Å². The maximum absolute atomic E-state index is 12.2. The van der Waals surface area contributed by atoms with Crippen LogP contribution < -0.4 is 0 Å². The van der Waals surface area contributed by atoms with Crippen LogP contribution in [0, 0.1) is 0 Å². The van der Waals surface area contributed by atoms with Gasteiger partial charge in [0.1, 0.15) is 10.0 Å². The Morgan fingerprint density at radius 2 is 1.31 bits per heavy atom. The minimum Gasteiger partial charge on any atom is -0.428 e. The van der Waals surface area contributed by atoms with Gasteiger partial charge in [-0.05, 0) is 0 Å². The predicted octanol–water partition coefficient (Wildman–Crippen LogP) is 1.10. The fraction of sp³-hybridized carbons (Fsp3) is 1.00. The third-order valence-electron chi connectivity index (χ3n) is 1.00. The fourth-order valence-corrected chi connectivity index (χ4v) is 2.38. The van der Waals surface area contributed by atoms with Gasteiger partial charge in [0, 0.05) is 0 Å². The van der Waals surface area contributed by atoms with Gasteiger partial charge in [0.15, 0.2) is 16.0 Å². The summed E-state index contributed by atoms with van der Waals surface area (Å²) in [4.78, 5) is 0. The summed E-state index contributed by atoms with van der Waals surface area (Å²) in [6.07, 6.45) is -6.55. The molecule has 5 nitrogen and oxygen atoms in total. The summed E-state index contributed by atoms with van der Waals surface area (Å²) in [6.45, 7) is 0. The minimum atomic E-state index is -6.75. The van der Waals surface area contributed by atoms with Crippen LogP contribution in [0.25, 0.3) is 4.13 Å². The number of halogens is 6. The molecule has 0 rings (SSSR count). The molecule has 0 aromatic heterocycles. The minimum absolute atomic E-state index is 1.20. The topological polar surface area (TPSA) is 82.4 Å². The van der Waals surface area contributed by atoms with E-state index in [1.807, 2.05) is 0 Å². The van der Waals surface area contributed by atoms with Crippen molar-refractivity contribution < 1.29 is 43.2 Å². The zero-order valence-electron chi connectivity index (χ0n) is 6.87. The van der Waals surface area contributed by atoms with Crippen LogP contribution in [0.4, 0.5) is 26.3 Å². The van der Waals surface area contributed by atoms with Crippen molar-refractivity contribution in [3.05, 3.63) is 4.13 Å². The smallest absolute Gasteiger partial charge is 0.428 e. The zero-order valence-corrected chi connectivity index (χ0v) is 8.50. The van der Waals surface area contributed by atoms with Crippen LogP contribution in [0.5, 0.6) is 0 Å². The molecule has 0 aromatic carbocycles. The average Bonchev–Trinajstić information content (AvgIpc) is 2.00. The van der Waals surface area contributed by atoms with Gasteiger partial charge in [-0.15, -0.1) is 0 Å². The van der Waals surface area contributed by atoms with Crippen molar-refractivity contribution in [2.24, 2.45) is 0 Å². The van der Waals surface area contributed by atoms with E-state index in [1.165, 1.54) is 4.13 Å². The molecule has 0 fully saturated rings. The van der Waals surface area contributed by atoms with Crippen LogP contribution >= 0.6 is 0 Å². The Bertz CT molecular complexity index is 449. The molecule has 0 aromatic rings. The van der Waals surface area contributed by atoms with Crippen molar-refractivity contribution in [2.75, 3.05) is 6.01 Å². The van der Waals surface area contributed by atoms with Gasteiger partial charge in [-0.25, -0.2) is 21.2 Å². The summed E-state index contributed by atoms with van der Waals surface area (Å²) < 4.78 is 113. The first kappa shape index (κ1) is 15.4. The Morgan fingerprint density at radius 1 is 0.938 bits per heavy atom. The fourth-order valence-electron chi connectivity index (χ4n) is 0.362. The quantitative estimate of drug-likeness (QED) is 0.727. The molecule has 0 spiro atoms. The lowest BCUT2D eigenvalue weighted by Gasteiger charge is -2.27. The molecule has 0 amide bonds. The van der Waals surface area contributed by atoms with Crippen LogP contribution in [0.3, 0.4) is 0 Å². The SMILES string of the molecule is O=S(=O)(CF)[N-]S(=O)(=O)C(F)(F)C(F)(F)F. The van der Waals surface area contributed by atoms with Gasteiger partial charge in [-0.1, -0.05) is 0 Å². The highest BCUT2D eigenvalue weighted by Crippen LogP contribution is 2.42. The Hall–Kier alpha value is -0.560. The molecule has 0 atom stereocenters. The Labute approximate surface area is 85.5 Å². The van der Waals surface area contributed by atoms with Gasteiger partial charge >= 0.3 is 11.4 Å². The number of hydrogen-bond donors (Lipinski definition) is 0. The van der Waals surface area contributed by atoms with Gasteiger partial charge in [-0.2, -0.15) is 22.0 Å². The molecule has 0 aliphatic carbocycles. The van der Waals surface area contributed by atoms with Crippen LogP contribution in [-0.2, 0) is 20.0 Å². The third-order valence-corrected chi connectivity index (χ3v) is 3.85. The van der Waals surface area contributed by atoms with Crippen LogP contribution in [-0.4, -0.2) is 34.3 Å².